The highest BCUT2D eigenvalue weighted by molar-refractivity contribution is 5.94. The first-order valence-corrected chi connectivity index (χ1v) is 9.52. The minimum Gasteiger partial charge on any atom is -0.481 e. The predicted octanol–water partition coefficient (Wildman–Crippen LogP) is -1.98. The topological polar surface area (TPSA) is 208 Å². The number of nitrogens with two attached hydrogens (primary N) is 1. The summed E-state index contributed by atoms with van der Waals surface area (Å²) in [6.45, 7) is 5.92. The van der Waals surface area contributed by atoms with E-state index in [0.29, 0.717) is 0 Å². The van der Waals surface area contributed by atoms with Crippen LogP contribution in [0.2, 0.25) is 0 Å². The van der Waals surface area contributed by atoms with Crippen molar-refractivity contribution in [2.24, 2.45) is 17.6 Å². The molecule has 8 N–H and O–H groups in total. The molecule has 0 aromatic heterocycles. The highest BCUT2D eigenvalue weighted by atomic mass is 16.4. The Bertz CT molecular complexity index is 638. The molecular weight excluding hydrogens is 400 g/mol. The summed E-state index contributed by atoms with van der Waals surface area (Å²) in [5.74, 6) is -5.60. The normalized spacial score (nSPS) is 15.1. The number of carbonyl (C=O) groups is 5. The number of nitrogens with one attached hydrogen (secondary N) is 3. The number of hydrogen-bond donors (Lipinski definition) is 7. The highest BCUT2D eigenvalue weighted by Crippen LogP contribution is 2.07. The van der Waals surface area contributed by atoms with Gasteiger partial charge in [-0.3, -0.25) is 19.2 Å². The van der Waals surface area contributed by atoms with Crippen LogP contribution in [0, 0.1) is 11.8 Å². The SMILES string of the molecule is CC(C)CC(NC(=O)C(N)CC(=O)O)C(=O)NC(CO)C(=O)NC(C(=O)O)C(C)C. The van der Waals surface area contributed by atoms with Gasteiger partial charge in [0.1, 0.15) is 18.1 Å². The lowest BCUT2D eigenvalue weighted by Crippen LogP contribution is -2.58. The van der Waals surface area contributed by atoms with Gasteiger partial charge >= 0.3 is 11.9 Å². The van der Waals surface area contributed by atoms with E-state index in [1.54, 1.807) is 27.7 Å². The fraction of sp³-hybridized carbons (Fsp3) is 0.722. The molecule has 0 aromatic carbocycles. The van der Waals surface area contributed by atoms with E-state index in [0.717, 1.165) is 0 Å². The molecule has 4 unspecified atom stereocenters. The maximum atomic E-state index is 12.6. The van der Waals surface area contributed by atoms with Gasteiger partial charge in [0.05, 0.1) is 19.1 Å². The van der Waals surface area contributed by atoms with Gasteiger partial charge in [0.2, 0.25) is 17.7 Å². The van der Waals surface area contributed by atoms with E-state index in [-0.39, 0.29) is 12.3 Å². The van der Waals surface area contributed by atoms with Crippen molar-refractivity contribution in [3.8, 4) is 0 Å². The summed E-state index contributed by atoms with van der Waals surface area (Å²) in [6.07, 6.45) is -0.476. The summed E-state index contributed by atoms with van der Waals surface area (Å²) in [7, 11) is 0. The largest absolute Gasteiger partial charge is 0.481 e. The zero-order chi connectivity index (χ0) is 23.6. The molecule has 4 atom stereocenters. The van der Waals surface area contributed by atoms with Crippen molar-refractivity contribution in [1.82, 2.24) is 16.0 Å². The standard InChI is InChI=1S/C18H32N4O8/c1-8(2)5-11(20-15(26)10(19)6-13(24)25)16(27)21-12(7-23)17(28)22-14(9(3)4)18(29)30/h8-12,14,23H,5-7,19H2,1-4H3,(H,20,26)(H,21,27)(H,22,28)(H,24,25)(H,29,30). The van der Waals surface area contributed by atoms with Crippen LogP contribution in [0.5, 0.6) is 0 Å². The van der Waals surface area contributed by atoms with Crippen LogP contribution in [0.1, 0.15) is 40.5 Å². The second-order valence-electron chi connectivity index (χ2n) is 7.71. The molecule has 0 rings (SSSR count). The van der Waals surface area contributed by atoms with Crippen LogP contribution < -0.4 is 21.7 Å². The number of hydrogen-bond acceptors (Lipinski definition) is 7. The molecule has 0 fully saturated rings. The van der Waals surface area contributed by atoms with E-state index in [1.165, 1.54) is 0 Å². The van der Waals surface area contributed by atoms with E-state index in [2.05, 4.69) is 16.0 Å². The summed E-state index contributed by atoms with van der Waals surface area (Å²) >= 11 is 0. The Labute approximate surface area is 174 Å². The van der Waals surface area contributed by atoms with Gasteiger partial charge in [0, 0.05) is 0 Å². The minimum absolute atomic E-state index is 0.0597. The summed E-state index contributed by atoms with van der Waals surface area (Å²) in [5, 5.41) is 34.2. The summed E-state index contributed by atoms with van der Waals surface area (Å²) in [4.78, 5) is 58.9. The monoisotopic (exact) mass is 432 g/mol. The van der Waals surface area contributed by atoms with Crippen LogP contribution in [0.25, 0.3) is 0 Å². The maximum Gasteiger partial charge on any atom is 0.326 e. The molecule has 0 saturated heterocycles. The number of carboxylic acids is 2. The Morgan fingerprint density at radius 3 is 1.73 bits per heavy atom. The number of rotatable bonds is 13. The van der Waals surface area contributed by atoms with Crippen molar-refractivity contribution in [2.45, 2.75) is 64.7 Å². The van der Waals surface area contributed by atoms with Gasteiger partial charge < -0.3 is 37.0 Å². The summed E-state index contributed by atoms with van der Waals surface area (Å²) < 4.78 is 0. The van der Waals surface area contributed by atoms with Crippen molar-refractivity contribution in [3.63, 3.8) is 0 Å². The van der Waals surface area contributed by atoms with E-state index >= 15 is 0 Å². The average molecular weight is 432 g/mol. The van der Waals surface area contributed by atoms with E-state index in [9.17, 15) is 29.1 Å². The minimum atomic E-state index is -1.45. The molecule has 30 heavy (non-hydrogen) atoms. The van der Waals surface area contributed by atoms with Crippen molar-refractivity contribution in [3.05, 3.63) is 0 Å². The maximum absolute atomic E-state index is 12.6. The Balaban J connectivity index is 5.25. The lowest BCUT2D eigenvalue weighted by Gasteiger charge is -2.25. The second kappa shape index (κ2) is 12.8. The number of aliphatic hydroxyl groups excluding tert-OH is 1. The Hall–Kier alpha value is -2.73. The molecule has 0 aliphatic carbocycles. The lowest BCUT2D eigenvalue weighted by atomic mass is 10.0. The molecule has 0 saturated carbocycles. The van der Waals surface area contributed by atoms with Crippen molar-refractivity contribution >= 4 is 29.7 Å². The fourth-order valence-electron chi connectivity index (χ4n) is 2.50. The third-order valence-corrected chi connectivity index (χ3v) is 4.12. The van der Waals surface area contributed by atoms with E-state index < -0.39 is 72.8 Å². The van der Waals surface area contributed by atoms with Gasteiger partial charge in [-0.15, -0.1) is 0 Å². The third kappa shape index (κ3) is 9.65. The fourth-order valence-corrected chi connectivity index (χ4v) is 2.50. The third-order valence-electron chi connectivity index (χ3n) is 4.12. The van der Waals surface area contributed by atoms with Crippen LogP contribution in [0.15, 0.2) is 0 Å². The van der Waals surface area contributed by atoms with Crippen molar-refractivity contribution < 1.29 is 39.3 Å². The molecule has 3 amide bonds. The molecule has 0 radical (unpaired) electrons. The summed E-state index contributed by atoms with van der Waals surface area (Å²) in [6, 6.07) is -5.18. The van der Waals surface area contributed by atoms with E-state index in [1.807, 2.05) is 0 Å². The smallest absolute Gasteiger partial charge is 0.326 e. The lowest BCUT2D eigenvalue weighted by molar-refractivity contribution is -0.143. The number of carboxylic acid groups (broad SMARTS) is 2. The first-order valence-electron chi connectivity index (χ1n) is 9.52. The molecule has 0 aliphatic heterocycles. The average Bonchev–Trinajstić information content (AvgIpc) is 2.61. The van der Waals surface area contributed by atoms with Gasteiger partial charge in [-0.05, 0) is 18.3 Å². The first-order chi connectivity index (χ1) is 13.8. The Morgan fingerprint density at radius 2 is 1.33 bits per heavy atom. The Kier molecular flexibility index (Phi) is 11.6. The number of amides is 3. The first kappa shape index (κ1) is 27.3. The highest BCUT2D eigenvalue weighted by Gasteiger charge is 2.31. The Morgan fingerprint density at radius 1 is 0.833 bits per heavy atom. The molecule has 0 aliphatic rings. The molecule has 12 heteroatoms. The number of aliphatic hydroxyl groups is 1. The molecule has 172 valence electrons. The van der Waals surface area contributed by atoms with Crippen molar-refractivity contribution in [1.29, 1.82) is 0 Å². The molecule has 0 aromatic rings. The zero-order valence-electron chi connectivity index (χ0n) is 17.5. The van der Waals surface area contributed by atoms with Crippen LogP contribution in [0.4, 0.5) is 0 Å². The van der Waals surface area contributed by atoms with Crippen LogP contribution >= 0.6 is 0 Å². The van der Waals surface area contributed by atoms with E-state index in [4.69, 9.17) is 15.9 Å². The molecule has 12 nitrogen and oxygen atoms in total. The zero-order valence-corrected chi connectivity index (χ0v) is 17.5. The van der Waals surface area contributed by atoms with Crippen LogP contribution in [-0.2, 0) is 24.0 Å². The predicted molar refractivity (Wildman–Crippen MR) is 105 cm³/mol. The molecule has 0 spiro atoms. The van der Waals surface area contributed by atoms with Gasteiger partial charge in [-0.2, -0.15) is 0 Å². The van der Waals surface area contributed by atoms with Gasteiger partial charge in [-0.25, -0.2) is 4.79 Å². The number of carbonyl (C=O) groups excluding carboxylic acids is 3. The molecular formula is C18H32N4O8. The van der Waals surface area contributed by atoms with Crippen LogP contribution in [-0.4, -0.2) is 75.8 Å². The second-order valence-corrected chi connectivity index (χ2v) is 7.71. The summed E-state index contributed by atoms with van der Waals surface area (Å²) in [5.41, 5.74) is 5.50. The van der Waals surface area contributed by atoms with Gasteiger partial charge in [-0.1, -0.05) is 27.7 Å². The van der Waals surface area contributed by atoms with Gasteiger partial charge in [0.25, 0.3) is 0 Å². The number of aliphatic carboxylic acids is 2. The molecule has 0 bridgehead atoms. The quantitative estimate of drug-likeness (QED) is 0.172. The van der Waals surface area contributed by atoms with Crippen LogP contribution in [0.3, 0.4) is 0 Å². The van der Waals surface area contributed by atoms with Crippen molar-refractivity contribution in [2.75, 3.05) is 6.61 Å². The molecule has 0 heterocycles. The van der Waals surface area contributed by atoms with Gasteiger partial charge in [0.15, 0.2) is 0 Å².